The lowest BCUT2D eigenvalue weighted by atomic mass is 10.0. The minimum Gasteiger partial charge on any atom is -0.402 e. The number of rotatable bonds is 5. The van der Waals surface area contributed by atoms with Crippen LogP contribution in [0.15, 0.2) is 40.7 Å². The lowest BCUT2D eigenvalue weighted by Crippen LogP contribution is -2.45. The summed E-state index contributed by atoms with van der Waals surface area (Å²) < 4.78 is 5.36. The number of allylic oxidation sites excluding steroid dienone is 1. The van der Waals surface area contributed by atoms with Crippen molar-refractivity contribution in [3.63, 3.8) is 0 Å². The normalized spacial score (nSPS) is 19.1. The van der Waals surface area contributed by atoms with Gasteiger partial charge in [0, 0.05) is 48.5 Å². The van der Waals surface area contributed by atoms with E-state index in [0.29, 0.717) is 50.1 Å². The van der Waals surface area contributed by atoms with E-state index in [-0.39, 0.29) is 5.91 Å². The molecule has 9 nitrogen and oxygen atoms in total. The van der Waals surface area contributed by atoms with Gasteiger partial charge in [0.15, 0.2) is 0 Å². The van der Waals surface area contributed by atoms with Crippen LogP contribution in [0.3, 0.4) is 0 Å². The third-order valence-electron chi connectivity index (χ3n) is 6.05. The van der Waals surface area contributed by atoms with Crippen LogP contribution < -0.4 is 11.5 Å². The van der Waals surface area contributed by atoms with Gasteiger partial charge in [0.1, 0.15) is 11.5 Å². The SMILES string of the molecule is CC(N)=C(C)C(N)=Nc1cnc2[nH]c(C3=CCN(C(=O)CN4CCOCC4)CC3)cc2c1. The second kappa shape index (κ2) is 9.54. The van der Waals surface area contributed by atoms with Crippen LogP contribution in [0.5, 0.6) is 0 Å². The number of carbonyl (C=O) groups is 1. The first kappa shape index (κ1) is 22.0. The zero-order chi connectivity index (χ0) is 22.7. The molecule has 1 amide bonds. The number of amides is 1. The van der Waals surface area contributed by atoms with Gasteiger partial charge in [-0.05, 0) is 38.0 Å². The number of pyridine rings is 1. The molecule has 4 heterocycles. The van der Waals surface area contributed by atoms with Gasteiger partial charge < -0.3 is 26.1 Å². The number of carbonyl (C=O) groups excluding carboxylic acids is 1. The average Bonchev–Trinajstić information content (AvgIpc) is 3.22. The van der Waals surface area contributed by atoms with E-state index in [1.165, 1.54) is 5.57 Å². The molecule has 0 saturated carbocycles. The number of amidine groups is 1. The number of ether oxygens (including phenoxy) is 1. The number of fused-ring (bicyclic) bond motifs is 1. The van der Waals surface area contributed by atoms with Crippen LogP contribution in [0, 0.1) is 0 Å². The van der Waals surface area contributed by atoms with E-state index in [4.69, 9.17) is 16.2 Å². The number of hydrogen-bond donors (Lipinski definition) is 3. The predicted molar refractivity (Wildman–Crippen MR) is 126 cm³/mol. The molecule has 1 fully saturated rings. The summed E-state index contributed by atoms with van der Waals surface area (Å²) in [5.41, 5.74) is 16.9. The van der Waals surface area contributed by atoms with E-state index in [1.54, 1.807) is 13.1 Å². The van der Waals surface area contributed by atoms with Crippen LogP contribution in [0.1, 0.15) is 26.0 Å². The Kier molecular flexibility index (Phi) is 6.57. The highest BCUT2D eigenvalue weighted by molar-refractivity contribution is 5.99. The number of nitrogens with two attached hydrogens (primary N) is 2. The molecule has 2 aliphatic heterocycles. The molecule has 0 bridgehead atoms. The summed E-state index contributed by atoms with van der Waals surface area (Å²) in [5, 5.41) is 0.965. The van der Waals surface area contributed by atoms with Gasteiger partial charge >= 0.3 is 0 Å². The Bertz CT molecular complexity index is 1090. The Labute approximate surface area is 187 Å². The van der Waals surface area contributed by atoms with Gasteiger partial charge in [0.05, 0.1) is 31.6 Å². The number of nitrogens with one attached hydrogen (secondary N) is 1. The molecule has 2 aromatic heterocycles. The maximum absolute atomic E-state index is 12.6. The molecule has 1 saturated heterocycles. The fourth-order valence-corrected chi connectivity index (χ4v) is 3.85. The summed E-state index contributed by atoms with van der Waals surface area (Å²) in [6.45, 7) is 8.50. The van der Waals surface area contributed by atoms with Gasteiger partial charge in [0.2, 0.25) is 5.91 Å². The summed E-state index contributed by atoms with van der Waals surface area (Å²) in [6.07, 6.45) is 4.62. The molecule has 4 rings (SSSR count). The summed E-state index contributed by atoms with van der Waals surface area (Å²) in [7, 11) is 0. The first-order chi connectivity index (χ1) is 15.4. The monoisotopic (exact) mass is 437 g/mol. The van der Waals surface area contributed by atoms with E-state index in [0.717, 1.165) is 41.8 Å². The van der Waals surface area contributed by atoms with Crippen molar-refractivity contribution in [3.8, 4) is 0 Å². The van der Waals surface area contributed by atoms with Crippen molar-refractivity contribution in [1.82, 2.24) is 19.8 Å². The number of aromatic amines is 1. The number of aliphatic imine (C=N–C) groups is 1. The first-order valence-electron chi connectivity index (χ1n) is 10.9. The molecule has 0 unspecified atom stereocenters. The van der Waals surface area contributed by atoms with Crippen LogP contribution in [-0.2, 0) is 9.53 Å². The van der Waals surface area contributed by atoms with Crippen molar-refractivity contribution in [2.24, 2.45) is 16.5 Å². The molecule has 32 heavy (non-hydrogen) atoms. The van der Waals surface area contributed by atoms with Crippen molar-refractivity contribution in [2.45, 2.75) is 20.3 Å². The maximum atomic E-state index is 12.6. The highest BCUT2D eigenvalue weighted by Gasteiger charge is 2.22. The molecule has 2 aromatic rings. The first-order valence-corrected chi connectivity index (χ1v) is 10.9. The Balaban J connectivity index is 1.44. The van der Waals surface area contributed by atoms with Gasteiger partial charge in [-0.15, -0.1) is 0 Å². The standard InChI is InChI=1S/C23H31N7O2/c1-15(16(2)24)22(25)27-19-11-18-12-20(28-23(18)26-13-19)17-3-5-30(6-4-17)21(31)14-29-7-9-32-10-8-29/h3,11-13H,4-10,14,24H2,1-2H3,(H2,25,27)(H,26,28). The topological polar surface area (TPSA) is 126 Å². The third kappa shape index (κ3) is 5.00. The van der Waals surface area contributed by atoms with E-state index in [2.05, 4.69) is 32.0 Å². The Hall–Kier alpha value is -3.17. The van der Waals surface area contributed by atoms with Crippen LogP contribution in [0.4, 0.5) is 5.69 Å². The van der Waals surface area contributed by atoms with Gasteiger partial charge in [-0.25, -0.2) is 9.98 Å². The third-order valence-corrected chi connectivity index (χ3v) is 6.05. The Morgan fingerprint density at radius 2 is 2.00 bits per heavy atom. The molecular formula is C23H31N7O2. The van der Waals surface area contributed by atoms with Gasteiger partial charge in [-0.1, -0.05) is 6.08 Å². The Morgan fingerprint density at radius 1 is 1.22 bits per heavy atom. The van der Waals surface area contributed by atoms with Crippen molar-refractivity contribution >= 4 is 34.0 Å². The predicted octanol–water partition coefficient (Wildman–Crippen LogP) is 1.75. The summed E-state index contributed by atoms with van der Waals surface area (Å²) >= 11 is 0. The minimum atomic E-state index is 0.178. The molecular weight excluding hydrogens is 406 g/mol. The van der Waals surface area contributed by atoms with Crippen molar-refractivity contribution < 1.29 is 9.53 Å². The van der Waals surface area contributed by atoms with E-state index >= 15 is 0 Å². The molecule has 170 valence electrons. The summed E-state index contributed by atoms with van der Waals surface area (Å²) in [6, 6.07) is 4.03. The highest BCUT2D eigenvalue weighted by atomic mass is 16.5. The van der Waals surface area contributed by atoms with Crippen LogP contribution in [-0.4, -0.2) is 77.4 Å². The molecule has 0 radical (unpaired) electrons. The fraction of sp³-hybridized carbons (Fsp3) is 0.435. The van der Waals surface area contributed by atoms with E-state index < -0.39 is 0 Å². The molecule has 2 aliphatic rings. The quantitative estimate of drug-likeness (QED) is 0.483. The number of nitrogens with zero attached hydrogens (tertiary/aromatic N) is 4. The van der Waals surface area contributed by atoms with Crippen molar-refractivity contribution in [3.05, 3.63) is 41.4 Å². The van der Waals surface area contributed by atoms with E-state index in [1.807, 2.05) is 17.9 Å². The number of H-pyrrole nitrogens is 1. The van der Waals surface area contributed by atoms with Gasteiger partial charge in [-0.3, -0.25) is 9.69 Å². The lowest BCUT2D eigenvalue weighted by Gasteiger charge is -2.31. The molecule has 0 aliphatic carbocycles. The number of hydrogen-bond acceptors (Lipinski definition) is 6. The lowest BCUT2D eigenvalue weighted by molar-refractivity contribution is -0.133. The second-order valence-electron chi connectivity index (χ2n) is 8.33. The van der Waals surface area contributed by atoms with Gasteiger partial charge in [0.25, 0.3) is 0 Å². The smallest absolute Gasteiger partial charge is 0.237 e. The summed E-state index contributed by atoms with van der Waals surface area (Å²) in [4.78, 5) is 29.0. The van der Waals surface area contributed by atoms with Gasteiger partial charge in [-0.2, -0.15) is 0 Å². The fourth-order valence-electron chi connectivity index (χ4n) is 3.85. The van der Waals surface area contributed by atoms with Crippen LogP contribution >= 0.6 is 0 Å². The Morgan fingerprint density at radius 3 is 2.69 bits per heavy atom. The molecule has 0 atom stereocenters. The van der Waals surface area contributed by atoms with Crippen molar-refractivity contribution in [2.75, 3.05) is 45.9 Å². The zero-order valence-electron chi connectivity index (χ0n) is 18.7. The van der Waals surface area contributed by atoms with Crippen LogP contribution in [0.2, 0.25) is 0 Å². The summed E-state index contributed by atoms with van der Waals surface area (Å²) in [5.74, 6) is 0.566. The largest absolute Gasteiger partial charge is 0.402 e. The molecule has 0 aromatic carbocycles. The minimum absolute atomic E-state index is 0.178. The highest BCUT2D eigenvalue weighted by Crippen LogP contribution is 2.27. The average molecular weight is 438 g/mol. The zero-order valence-corrected chi connectivity index (χ0v) is 18.7. The maximum Gasteiger partial charge on any atom is 0.237 e. The number of aromatic nitrogens is 2. The molecule has 0 spiro atoms. The van der Waals surface area contributed by atoms with Crippen LogP contribution in [0.25, 0.3) is 16.6 Å². The van der Waals surface area contributed by atoms with Crippen molar-refractivity contribution in [1.29, 1.82) is 0 Å². The van der Waals surface area contributed by atoms with E-state index in [9.17, 15) is 4.79 Å². The molecule has 5 N–H and O–H groups in total. The number of morpholine rings is 1. The second-order valence-corrected chi connectivity index (χ2v) is 8.33. The molecule has 9 heteroatoms.